The van der Waals surface area contributed by atoms with Gasteiger partial charge in [-0.3, -0.25) is 4.79 Å². The van der Waals surface area contributed by atoms with Gasteiger partial charge in [-0.2, -0.15) is 0 Å². The average molecular weight is 384 g/mol. The van der Waals surface area contributed by atoms with Crippen LogP contribution in [0.25, 0.3) is 0 Å². The van der Waals surface area contributed by atoms with Crippen LogP contribution in [0.3, 0.4) is 0 Å². The Hall–Kier alpha value is -2.85. The summed E-state index contributed by atoms with van der Waals surface area (Å²) < 4.78 is 53.9. The summed E-state index contributed by atoms with van der Waals surface area (Å²) in [6, 6.07) is 6.26. The van der Waals surface area contributed by atoms with Gasteiger partial charge in [0.2, 0.25) is 10.0 Å². The van der Waals surface area contributed by atoms with Crippen LogP contribution in [-0.4, -0.2) is 26.9 Å². The van der Waals surface area contributed by atoms with Gasteiger partial charge < -0.3 is 10.1 Å². The Morgan fingerprint density at radius 2 is 1.85 bits per heavy atom. The predicted molar refractivity (Wildman–Crippen MR) is 87.8 cm³/mol. The predicted octanol–water partition coefficient (Wildman–Crippen LogP) is 1.72. The van der Waals surface area contributed by atoms with Crippen LogP contribution in [-0.2, 0) is 19.6 Å². The lowest BCUT2D eigenvalue weighted by Crippen LogP contribution is -2.22. The number of sulfonamides is 1. The summed E-state index contributed by atoms with van der Waals surface area (Å²) in [4.78, 5) is 23.4. The molecule has 10 heteroatoms. The molecule has 0 saturated carbocycles. The van der Waals surface area contributed by atoms with Crippen LogP contribution in [0.15, 0.2) is 41.3 Å². The number of hydrogen-bond donors (Lipinski definition) is 2. The highest BCUT2D eigenvalue weighted by atomic mass is 32.2. The Kier molecular flexibility index (Phi) is 5.68. The number of aryl methyl sites for hydroxylation is 1. The van der Waals surface area contributed by atoms with Crippen molar-refractivity contribution in [1.29, 1.82) is 0 Å². The number of rotatable bonds is 5. The molecule has 0 aliphatic rings. The van der Waals surface area contributed by atoms with E-state index >= 15 is 0 Å². The molecule has 3 N–H and O–H groups in total. The van der Waals surface area contributed by atoms with Gasteiger partial charge in [0.25, 0.3) is 5.91 Å². The molecule has 7 nitrogen and oxygen atoms in total. The second kappa shape index (κ2) is 7.58. The lowest BCUT2D eigenvalue weighted by molar-refractivity contribution is -0.119. The van der Waals surface area contributed by atoms with E-state index in [4.69, 9.17) is 9.88 Å². The number of ether oxygens (including phenoxy) is 1. The summed E-state index contributed by atoms with van der Waals surface area (Å²) in [5.41, 5.74) is -0.0618. The van der Waals surface area contributed by atoms with Crippen molar-refractivity contribution < 1.29 is 31.5 Å². The van der Waals surface area contributed by atoms with Crippen LogP contribution < -0.4 is 10.5 Å². The molecule has 0 radical (unpaired) electrons. The van der Waals surface area contributed by atoms with Gasteiger partial charge in [0, 0.05) is 6.07 Å². The highest BCUT2D eigenvalue weighted by Crippen LogP contribution is 2.17. The van der Waals surface area contributed by atoms with E-state index in [1.165, 1.54) is 19.1 Å². The average Bonchev–Trinajstić information content (AvgIpc) is 2.54. The van der Waals surface area contributed by atoms with Crippen LogP contribution >= 0.6 is 0 Å². The zero-order valence-electron chi connectivity index (χ0n) is 13.5. The van der Waals surface area contributed by atoms with Crippen molar-refractivity contribution in [3.63, 3.8) is 0 Å². The SMILES string of the molecule is Cc1ccc(C(=O)OCC(=O)Nc2ccc(F)cc2F)cc1S(N)(=O)=O. The van der Waals surface area contributed by atoms with E-state index in [2.05, 4.69) is 5.32 Å². The number of amides is 1. The lowest BCUT2D eigenvalue weighted by atomic mass is 10.1. The summed E-state index contributed by atoms with van der Waals surface area (Å²) in [5, 5.41) is 7.17. The fourth-order valence-electron chi connectivity index (χ4n) is 2.03. The van der Waals surface area contributed by atoms with Crippen LogP contribution in [0.2, 0.25) is 0 Å². The molecule has 2 aromatic rings. The van der Waals surface area contributed by atoms with Crippen molar-refractivity contribution >= 4 is 27.6 Å². The summed E-state index contributed by atoms with van der Waals surface area (Å²) in [6.07, 6.45) is 0. The standard InChI is InChI=1S/C16H14F2N2O5S/c1-9-2-3-10(6-14(9)26(19,23)24)16(22)25-8-15(21)20-13-5-4-11(17)7-12(13)18/h2-7H,8H2,1H3,(H,20,21)(H2,19,23,24). The topological polar surface area (TPSA) is 116 Å². The molecule has 2 aromatic carbocycles. The number of carbonyl (C=O) groups excluding carboxylic acids is 2. The summed E-state index contributed by atoms with van der Waals surface area (Å²) in [5.74, 6) is -3.62. The third kappa shape index (κ3) is 4.83. The van der Waals surface area contributed by atoms with Crippen LogP contribution in [0.5, 0.6) is 0 Å². The molecule has 0 fully saturated rings. The Bertz CT molecular complexity index is 977. The van der Waals surface area contributed by atoms with Crippen molar-refractivity contribution in [2.24, 2.45) is 5.14 Å². The van der Waals surface area contributed by atoms with Crippen molar-refractivity contribution in [1.82, 2.24) is 0 Å². The maximum atomic E-state index is 13.4. The monoisotopic (exact) mass is 384 g/mol. The molecule has 0 bridgehead atoms. The van der Waals surface area contributed by atoms with Crippen molar-refractivity contribution in [2.75, 3.05) is 11.9 Å². The molecule has 1 amide bonds. The Morgan fingerprint density at radius 3 is 2.46 bits per heavy atom. The first-order valence-corrected chi connectivity index (χ1v) is 8.68. The zero-order chi connectivity index (χ0) is 19.5. The van der Waals surface area contributed by atoms with Gasteiger partial charge in [-0.1, -0.05) is 6.07 Å². The van der Waals surface area contributed by atoms with E-state index in [0.29, 0.717) is 11.6 Å². The van der Waals surface area contributed by atoms with Gasteiger partial charge >= 0.3 is 5.97 Å². The Labute approximate surface area is 147 Å². The van der Waals surface area contributed by atoms with Crippen LogP contribution in [0.4, 0.5) is 14.5 Å². The molecule has 138 valence electrons. The molecule has 0 aromatic heterocycles. The molecule has 0 aliphatic carbocycles. The molecule has 0 aliphatic heterocycles. The molecule has 0 heterocycles. The van der Waals surface area contributed by atoms with Gasteiger partial charge in [0.05, 0.1) is 16.1 Å². The molecule has 26 heavy (non-hydrogen) atoms. The van der Waals surface area contributed by atoms with Gasteiger partial charge in [-0.25, -0.2) is 27.1 Å². The maximum Gasteiger partial charge on any atom is 0.338 e. The second-order valence-corrected chi connectivity index (χ2v) is 6.80. The first-order chi connectivity index (χ1) is 12.1. The fourth-order valence-corrected chi connectivity index (χ4v) is 2.83. The van der Waals surface area contributed by atoms with Gasteiger partial charge in [-0.15, -0.1) is 0 Å². The number of hydrogen-bond acceptors (Lipinski definition) is 5. The highest BCUT2D eigenvalue weighted by Gasteiger charge is 2.17. The molecule has 0 spiro atoms. The zero-order valence-corrected chi connectivity index (χ0v) is 14.3. The number of nitrogens with one attached hydrogen (secondary N) is 1. The quantitative estimate of drug-likeness (QED) is 0.762. The van der Waals surface area contributed by atoms with Crippen LogP contribution in [0, 0.1) is 18.6 Å². The highest BCUT2D eigenvalue weighted by molar-refractivity contribution is 7.89. The minimum absolute atomic E-state index is 0.125. The number of nitrogens with two attached hydrogens (primary N) is 1. The normalized spacial score (nSPS) is 11.1. The number of halogens is 2. The van der Waals surface area contributed by atoms with Gasteiger partial charge in [0.1, 0.15) is 11.6 Å². The Morgan fingerprint density at radius 1 is 1.15 bits per heavy atom. The third-order valence-corrected chi connectivity index (χ3v) is 4.32. The number of anilines is 1. The first-order valence-electron chi connectivity index (χ1n) is 7.13. The number of carbonyl (C=O) groups is 2. The molecule has 0 saturated heterocycles. The van der Waals surface area contributed by atoms with Crippen molar-refractivity contribution in [2.45, 2.75) is 11.8 Å². The number of primary sulfonamides is 1. The van der Waals surface area contributed by atoms with E-state index in [1.807, 2.05) is 0 Å². The minimum Gasteiger partial charge on any atom is -0.452 e. The van der Waals surface area contributed by atoms with Crippen LogP contribution in [0.1, 0.15) is 15.9 Å². The summed E-state index contributed by atoms with van der Waals surface area (Å²) in [6.45, 7) is 0.744. The molecule has 0 atom stereocenters. The van der Waals surface area contributed by atoms with Gasteiger partial charge in [0.15, 0.2) is 6.61 Å². The largest absolute Gasteiger partial charge is 0.452 e. The second-order valence-electron chi connectivity index (χ2n) is 5.27. The first kappa shape index (κ1) is 19.5. The fraction of sp³-hybridized carbons (Fsp3) is 0.125. The lowest BCUT2D eigenvalue weighted by Gasteiger charge is -2.09. The summed E-state index contributed by atoms with van der Waals surface area (Å²) >= 11 is 0. The van der Waals surface area contributed by atoms with E-state index in [1.54, 1.807) is 0 Å². The van der Waals surface area contributed by atoms with Crippen molar-refractivity contribution in [3.8, 4) is 0 Å². The van der Waals surface area contributed by atoms with Gasteiger partial charge in [-0.05, 0) is 36.8 Å². The minimum atomic E-state index is -4.03. The molecule has 2 rings (SSSR count). The number of esters is 1. The molecular formula is C16H14F2N2O5S. The molecular weight excluding hydrogens is 370 g/mol. The number of benzene rings is 2. The molecule has 0 unspecified atom stereocenters. The summed E-state index contributed by atoms with van der Waals surface area (Å²) in [7, 11) is -4.03. The third-order valence-electron chi connectivity index (χ3n) is 3.27. The Balaban J connectivity index is 2.03. The van der Waals surface area contributed by atoms with E-state index in [0.717, 1.165) is 18.2 Å². The maximum absolute atomic E-state index is 13.4. The van der Waals surface area contributed by atoms with E-state index in [-0.39, 0.29) is 16.1 Å². The van der Waals surface area contributed by atoms with E-state index in [9.17, 15) is 26.8 Å². The van der Waals surface area contributed by atoms with Crippen molar-refractivity contribution in [3.05, 3.63) is 59.2 Å². The smallest absolute Gasteiger partial charge is 0.338 e. The van der Waals surface area contributed by atoms with E-state index < -0.39 is 40.1 Å².